The van der Waals surface area contributed by atoms with Crippen LogP contribution in [0.1, 0.15) is 115 Å². The van der Waals surface area contributed by atoms with Gasteiger partial charge in [-0.25, -0.2) is 9.67 Å². The number of pyridine rings is 1. The molecule has 2 saturated carbocycles. The predicted octanol–water partition coefficient (Wildman–Crippen LogP) is 8.86. The monoisotopic (exact) mass is 547 g/mol. The first kappa shape index (κ1) is 27.8. The lowest BCUT2D eigenvalue weighted by molar-refractivity contribution is 0.271. The quantitative estimate of drug-likeness (QED) is 0.221. The minimum absolute atomic E-state index is 0.286. The molecule has 0 bridgehead atoms. The molecule has 41 heavy (non-hydrogen) atoms. The van der Waals surface area contributed by atoms with Gasteiger partial charge in [0.15, 0.2) is 0 Å². The number of para-hydroxylation sites is 1. The van der Waals surface area contributed by atoms with Gasteiger partial charge in [-0.05, 0) is 87.1 Å². The van der Waals surface area contributed by atoms with E-state index in [-0.39, 0.29) is 5.41 Å². The van der Waals surface area contributed by atoms with Gasteiger partial charge in [0.2, 0.25) is 0 Å². The van der Waals surface area contributed by atoms with Gasteiger partial charge < -0.3 is 0 Å². The van der Waals surface area contributed by atoms with Crippen LogP contribution in [-0.4, -0.2) is 24.7 Å². The molecule has 5 heteroatoms. The van der Waals surface area contributed by atoms with E-state index >= 15 is 0 Å². The highest BCUT2D eigenvalue weighted by atomic mass is 15.3. The average molecular weight is 548 g/mol. The molecular formula is C36H45N5. The first-order valence-corrected chi connectivity index (χ1v) is 15.6. The van der Waals surface area contributed by atoms with Crippen molar-refractivity contribution in [2.75, 3.05) is 0 Å². The van der Waals surface area contributed by atoms with E-state index in [1.165, 1.54) is 57.1 Å². The topological polar surface area (TPSA) is 56.5 Å². The van der Waals surface area contributed by atoms with E-state index in [0.29, 0.717) is 11.3 Å². The Morgan fingerprint density at radius 1 is 0.829 bits per heavy atom. The number of hydrogen-bond acceptors (Lipinski definition) is 4. The lowest BCUT2D eigenvalue weighted by atomic mass is 9.75. The van der Waals surface area contributed by atoms with E-state index in [0.717, 1.165) is 40.4 Å². The average Bonchev–Trinajstić information content (AvgIpc) is 3.76. The van der Waals surface area contributed by atoms with Gasteiger partial charge in [-0.2, -0.15) is 5.10 Å². The van der Waals surface area contributed by atoms with E-state index in [2.05, 4.69) is 71.1 Å². The third-order valence-electron chi connectivity index (χ3n) is 10.4. The third-order valence-corrected chi connectivity index (χ3v) is 10.4. The fourth-order valence-electron chi connectivity index (χ4n) is 7.17. The standard InChI is InChI=1S/C36H45N5/c1-26(36(5)20-11-12-21-36)29-16-15-27(24-37-29)33-30(23-35(4)18-9-10-19-35)38-25-32(39-33)34(2,3)31-17-22-41(40-31)28-13-7-6-8-14-28/h6-8,13-17,22,24-26H,9-12,18-21,23H2,1-5H3. The molecule has 6 rings (SSSR count). The molecule has 3 aromatic heterocycles. The van der Waals surface area contributed by atoms with Crippen molar-refractivity contribution in [3.63, 3.8) is 0 Å². The molecule has 0 aliphatic heterocycles. The summed E-state index contributed by atoms with van der Waals surface area (Å²) in [5.41, 5.74) is 7.51. The van der Waals surface area contributed by atoms with Crippen LogP contribution in [0.15, 0.2) is 67.1 Å². The van der Waals surface area contributed by atoms with Gasteiger partial charge >= 0.3 is 0 Å². The van der Waals surface area contributed by atoms with Gasteiger partial charge in [-0.1, -0.05) is 64.7 Å². The van der Waals surface area contributed by atoms with Gasteiger partial charge in [0.05, 0.1) is 33.9 Å². The zero-order valence-electron chi connectivity index (χ0n) is 25.5. The number of rotatable bonds is 8. The Labute approximate surface area is 245 Å². The molecule has 1 unspecified atom stereocenters. The van der Waals surface area contributed by atoms with E-state index in [4.69, 9.17) is 20.1 Å². The fourth-order valence-corrected chi connectivity index (χ4v) is 7.17. The normalized spacial score (nSPS) is 19.0. The molecule has 0 saturated heterocycles. The summed E-state index contributed by atoms with van der Waals surface area (Å²) < 4.78 is 1.94. The molecule has 0 spiro atoms. The summed E-state index contributed by atoms with van der Waals surface area (Å²) in [6, 6.07) is 16.8. The van der Waals surface area contributed by atoms with Gasteiger partial charge in [0, 0.05) is 35.8 Å². The van der Waals surface area contributed by atoms with Gasteiger partial charge in [0.1, 0.15) is 0 Å². The maximum atomic E-state index is 5.36. The van der Waals surface area contributed by atoms with Crippen LogP contribution >= 0.6 is 0 Å². The highest BCUT2D eigenvalue weighted by molar-refractivity contribution is 5.61. The van der Waals surface area contributed by atoms with Crippen molar-refractivity contribution in [2.45, 2.75) is 104 Å². The Kier molecular flexibility index (Phi) is 7.33. The molecule has 0 amide bonds. The van der Waals surface area contributed by atoms with Gasteiger partial charge in [-0.15, -0.1) is 0 Å². The molecule has 0 N–H and O–H groups in total. The minimum atomic E-state index is -0.406. The van der Waals surface area contributed by atoms with E-state index in [1.807, 2.05) is 35.3 Å². The summed E-state index contributed by atoms with van der Waals surface area (Å²) >= 11 is 0. The van der Waals surface area contributed by atoms with Crippen LogP contribution in [0.25, 0.3) is 16.9 Å². The Morgan fingerprint density at radius 2 is 1.54 bits per heavy atom. The molecule has 0 radical (unpaired) electrons. The second kappa shape index (κ2) is 10.8. The molecule has 2 aliphatic rings. The van der Waals surface area contributed by atoms with E-state index in [9.17, 15) is 0 Å². The number of aromatic nitrogens is 5. The van der Waals surface area contributed by atoms with Crippen LogP contribution < -0.4 is 0 Å². The molecule has 214 valence electrons. The Morgan fingerprint density at radius 3 is 2.22 bits per heavy atom. The largest absolute Gasteiger partial charge is 0.260 e. The molecule has 2 fully saturated rings. The molecule has 5 nitrogen and oxygen atoms in total. The first-order valence-electron chi connectivity index (χ1n) is 15.6. The van der Waals surface area contributed by atoms with Crippen LogP contribution in [0.4, 0.5) is 0 Å². The lowest BCUT2D eigenvalue weighted by Crippen LogP contribution is -2.24. The molecule has 1 aromatic carbocycles. The van der Waals surface area contributed by atoms with Crippen LogP contribution in [0.2, 0.25) is 0 Å². The number of benzene rings is 1. The Hall–Kier alpha value is -3.34. The highest BCUT2D eigenvalue weighted by Crippen LogP contribution is 2.48. The number of hydrogen-bond donors (Lipinski definition) is 0. The third kappa shape index (κ3) is 5.48. The van der Waals surface area contributed by atoms with Crippen LogP contribution in [0.5, 0.6) is 0 Å². The van der Waals surface area contributed by atoms with Crippen LogP contribution in [0, 0.1) is 10.8 Å². The van der Waals surface area contributed by atoms with Gasteiger partial charge in [-0.3, -0.25) is 9.97 Å². The lowest BCUT2D eigenvalue weighted by Gasteiger charge is -2.31. The van der Waals surface area contributed by atoms with Crippen molar-refractivity contribution in [3.8, 4) is 16.9 Å². The molecule has 1 atom stereocenters. The highest BCUT2D eigenvalue weighted by Gasteiger charge is 2.36. The maximum absolute atomic E-state index is 5.36. The van der Waals surface area contributed by atoms with Crippen molar-refractivity contribution in [2.24, 2.45) is 10.8 Å². The number of nitrogens with zero attached hydrogens (tertiary/aromatic N) is 5. The van der Waals surface area contributed by atoms with Crippen molar-refractivity contribution in [1.82, 2.24) is 24.7 Å². The molecule has 2 aliphatic carbocycles. The predicted molar refractivity (Wildman–Crippen MR) is 166 cm³/mol. The minimum Gasteiger partial charge on any atom is -0.260 e. The molecule has 4 aromatic rings. The zero-order chi connectivity index (χ0) is 28.7. The molecule has 3 heterocycles. The van der Waals surface area contributed by atoms with Gasteiger partial charge in [0.25, 0.3) is 0 Å². The van der Waals surface area contributed by atoms with Crippen LogP contribution in [0.3, 0.4) is 0 Å². The van der Waals surface area contributed by atoms with Crippen molar-refractivity contribution in [3.05, 3.63) is 89.9 Å². The molecular weight excluding hydrogens is 502 g/mol. The van der Waals surface area contributed by atoms with Crippen molar-refractivity contribution in [1.29, 1.82) is 0 Å². The van der Waals surface area contributed by atoms with Crippen molar-refractivity contribution >= 4 is 0 Å². The van der Waals surface area contributed by atoms with E-state index < -0.39 is 5.41 Å². The summed E-state index contributed by atoms with van der Waals surface area (Å²) in [6.07, 6.45) is 17.4. The van der Waals surface area contributed by atoms with Crippen molar-refractivity contribution < 1.29 is 0 Å². The second-order valence-corrected chi connectivity index (χ2v) is 13.9. The SMILES string of the molecule is CC(c1ccc(-c2nc(C(C)(C)c3ccn(-c4ccccc4)n3)cnc2CC2(C)CCCC2)cn1)C1(C)CCCC1. The summed E-state index contributed by atoms with van der Waals surface area (Å²) in [6.45, 7) is 11.6. The Bertz CT molecular complexity index is 1470. The smallest absolute Gasteiger partial charge is 0.0936 e. The maximum Gasteiger partial charge on any atom is 0.0936 e. The fraction of sp³-hybridized carbons (Fsp3) is 0.500. The first-order chi connectivity index (χ1) is 19.7. The second-order valence-electron chi connectivity index (χ2n) is 13.9. The Balaban J connectivity index is 1.36. The van der Waals surface area contributed by atoms with E-state index in [1.54, 1.807) is 0 Å². The van der Waals surface area contributed by atoms with Crippen LogP contribution in [-0.2, 0) is 11.8 Å². The zero-order valence-corrected chi connectivity index (χ0v) is 25.5. The summed E-state index contributed by atoms with van der Waals surface area (Å²) in [5.74, 6) is 0.451. The summed E-state index contributed by atoms with van der Waals surface area (Å²) in [7, 11) is 0. The summed E-state index contributed by atoms with van der Waals surface area (Å²) in [4.78, 5) is 15.5. The summed E-state index contributed by atoms with van der Waals surface area (Å²) in [5, 5.41) is 4.96.